The quantitative estimate of drug-likeness (QED) is 0.815. The summed E-state index contributed by atoms with van der Waals surface area (Å²) >= 11 is 0. The molecule has 1 aromatic rings. The average molecular weight is 264 g/mol. The van der Waals surface area contributed by atoms with Gasteiger partial charge >= 0.3 is 0 Å². The van der Waals surface area contributed by atoms with Crippen molar-refractivity contribution in [1.82, 2.24) is 9.78 Å². The van der Waals surface area contributed by atoms with E-state index in [9.17, 15) is 5.11 Å². The fraction of sp³-hybridized carbons (Fsp3) is 0.812. The van der Waals surface area contributed by atoms with Crippen molar-refractivity contribution in [2.24, 2.45) is 5.92 Å². The molecule has 2 atom stereocenters. The predicted octanol–water partition coefficient (Wildman–Crippen LogP) is 3.73. The summed E-state index contributed by atoms with van der Waals surface area (Å²) in [5, 5.41) is 14.7. The first-order valence-corrected chi connectivity index (χ1v) is 7.91. The lowest BCUT2D eigenvalue weighted by molar-refractivity contribution is 0.153. The monoisotopic (exact) mass is 264 g/mol. The third-order valence-corrected chi connectivity index (χ3v) is 4.53. The van der Waals surface area contributed by atoms with Crippen LogP contribution < -0.4 is 0 Å². The number of aliphatic hydroxyl groups is 1. The van der Waals surface area contributed by atoms with Crippen LogP contribution in [-0.2, 0) is 6.42 Å². The molecule has 3 nitrogen and oxygen atoms in total. The first kappa shape index (κ1) is 14.6. The van der Waals surface area contributed by atoms with Gasteiger partial charge in [-0.05, 0) is 38.2 Å². The Morgan fingerprint density at radius 2 is 2.16 bits per heavy atom. The fourth-order valence-corrected chi connectivity index (χ4v) is 2.99. The largest absolute Gasteiger partial charge is 0.393 e. The lowest BCUT2D eigenvalue weighted by Crippen LogP contribution is -2.13. The van der Waals surface area contributed by atoms with Crippen molar-refractivity contribution in [1.29, 1.82) is 0 Å². The van der Waals surface area contributed by atoms with Gasteiger partial charge in [0.2, 0.25) is 0 Å². The first-order valence-electron chi connectivity index (χ1n) is 7.91. The van der Waals surface area contributed by atoms with Gasteiger partial charge in [-0.25, -0.2) is 0 Å². The van der Waals surface area contributed by atoms with Crippen molar-refractivity contribution >= 4 is 0 Å². The highest BCUT2D eigenvalue weighted by Crippen LogP contribution is 2.29. The molecular weight excluding hydrogens is 236 g/mol. The SMILES string of the molecule is CCC(C)n1ccc(CC(O)CCC2CCCC2)n1. The van der Waals surface area contributed by atoms with Crippen LogP contribution in [0.25, 0.3) is 0 Å². The summed E-state index contributed by atoms with van der Waals surface area (Å²) in [7, 11) is 0. The van der Waals surface area contributed by atoms with E-state index in [1.807, 2.05) is 16.9 Å². The molecule has 1 aliphatic carbocycles. The number of nitrogens with zero attached hydrogens (tertiary/aromatic N) is 2. The minimum atomic E-state index is -0.221. The van der Waals surface area contributed by atoms with E-state index in [0.717, 1.165) is 24.5 Å². The Morgan fingerprint density at radius 1 is 1.42 bits per heavy atom. The van der Waals surface area contributed by atoms with Crippen LogP contribution in [0.5, 0.6) is 0 Å². The molecule has 1 aliphatic rings. The Hall–Kier alpha value is -0.830. The van der Waals surface area contributed by atoms with Gasteiger partial charge in [0, 0.05) is 18.7 Å². The molecule has 0 saturated heterocycles. The highest BCUT2D eigenvalue weighted by molar-refractivity contribution is 5.01. The van der Waals surface area contributed by atoms with Gasteiger partial charge in [-0.15, -0.1) is 0 Å². The van der Waals surface area contributed by atoms with Gasteiger partial charge < -0.3 is 5.11 Å². The molecule has 0 amide bonds. The summed E-state index contributed by atoms with van der Waals surface area (Å²) in [5.41, 5.74) is 1.03. The third-order valence-electron chi connectivity index (χ3n) is 4.53. The van der Waals surface area contributed by atoms with Gasteiger partial charge in [0.25, 0.3) is 0 Å². The summed E-state index contributed by atoms with van der Waals surface area (Å²) < 4.78 is 2.01. The van der Waals surface area contributed by atoms with Gasteiger partial charge in [0.15, 0.2) is 0 Å². The molecule has 1 heterocycles. The summed E-state index contributed by atoms with van der Waals surface area (Å²) in [4.78, 5) is 0. The second-order valence-electron chi connectivity index (χ2n) is 6.13. The number of rotatable bonds is 7. The number of aliphatic hydroxyl groups excluding tert-OH is 1. The summed E-state index contributed by atoms with van der Waals surface area (Å²) in [6.45, 7) is 4.34. The van der Waals surface area contributed by atoms with Crippen molar-refractivity contribution in [2.75, 3.05) is 0 Å². The van der Waals surface area contributed by atoms with Crippen molar-refractivity contribution in [2.45, 2.75) is 77.4 Å². The molecule has 2 unspecified atom stereocenters. The van der Waals surface area contributed by atoms with Gasteiger partial charge in [-0.1, -0.05) is 32.6 Å². The van der Waals surface area contributed by atoms with Crippen LogP contribution in [0, 0.1) is 5.92 Å². The van der Waals surface area contributed by atoms with Crippen LogP contribution in [0.1, 0.15) is 70.5 Å². The Bertz CT molecular complexity index is 369. The maximum absolute atomic E-state index is 10.1. The molecule has 19 heavy (non-hydrogen) atoms. The Balaban J connectivity index is 1.74. The molecular formula is C16H28N2O. The highest BCUT2D eigenvalue weighted by Gasteiger charge is 2.17. The van der Waals surface area contributed by atoms with Gasteiger partial charge in [0.05, 0.1) is 11.8 Å². The predicted molar refractivity (Wildman–Crippen MR) is 78.1 cm³/mol. The van der Waals surface area contributed by atoms with E-state index in [1.54, 1.807) is 0 Å². The van der Waals surface area contributed by atoms with E-state index < -0.39 is 0 Å². The molecule has 3 heteroatoms. The molecule has 1 aromatic heterocycles. The number of hydrogen-bond donors (Lipinski definition) is 1. The highest BCUT2D eigenvalue weighted by atomic mass is 16.3. The molecule has 2 rings (SSSR count). The summed E-state index contributed by atoms with van der Waals surface area (Å²) in [6.07, 6.45) is 11.2. The minimum absolute atomic E-state index is 0.221. The van der Waals surface area contributed by atoms with Crippen LogP contribution >= 0.6 is 0 Å². The second-order valence-corrected chi connectivity index (χ2v) is 6.13. The molecule has 0 aromatic carbocycles. The van der Waals surface area contributed by atoms with E-state index in [1.165, 1.54) is 32.1 Å². The smallest absolute Gasteiger partial charge is 0.0650 e. The van der Waals surface area contributed by atoms with E-state index in [0.29, 0.717) is 12.5 Å². The normalized spacial score (nSPS) is 19.7. The topological polar surface area (TPSA) is 38.0 Å². The standard InChI is InChI=1S/C16H28N2O/c1-3-13(2)18-11-10-15(17-18)12-16(19)9-8-14-6-4-5-7-14/h10-11,13-14,16,19H,3-9,12H2,1-2H3. The first-order chi connectivity index (χ1) is 9.19. The van der Waals surface area contributed by atoms with Crippen LogP contribution in [0.2, 0.25) is 0 Å². The molecule has 108 valence electrons. The fourth-order valence-electron chi connectivity index (χ4n) is 2.99. The van der Waals surface area contributed by atoms with Crippen LogP contribution in [-0.4, -0.2) is 21.0 Å². The molecule has 1 N–H and O–H groups in total. The van der Waals surface area contributed by atoms with Crippen molar-refractivity contribution in [3.8, 4) is 0 Å². The van der Waals surface area contributed by atoms with Crippen molar-refractivity contribution in [3.05, 3.63) is 18.0 Å². The van der Waals surface area contributed by atoms with Crippen LogP contribution in [0.3, 0.4) is 0 Å². The molecule has 1 fully saturated rings. The number of hydrogen-bond acceptors (Lipinski definition) is 2. The molecule has 0 spiro atoms. The minimum Gasteiger partial charge on any atom is -0.393 e. The molecule has 0 bridgehead atoms. The lowest BCUT2D eigenvalue weighted by Gasteiger charge is -2.13. The second kappa shape index (κ2) is 7.09. The van der Waals surface area contributed by atoms with E-state index in [2.05, 4.69) is 18.9 Å². The Morgan fingerprint density at radius 3 is 2.84 bits per heavy atom. The van der Waals surface area contributed by atoms with Crippen molar-refractivity contribution < 1.29 is 5.11 Å². The lowest BCUT2D eigenvalue weighted by atomic mass is 9.98. The number of aromatic nitrogens is 2. The van der Waals surface area contributed by atoms with Crippen LogP contribution in [0.15, 0.2) is 12.3 Å². The Kier molecular flexibility index (Phi) is 5.44. The maximum Gasteiger partial charge on any atom is 0.0650 e. The van der Waals surface area contributed by atoms with Crippen LogP contribution in [0.4, 0.5) is 0 Å². The maximum atomic E-state index is 10.1. The van der Waals surface area contributed by atoms with E-state index >= 15 is 0 Å². The summed E-state index contributed by atoms with van der Waals surface area (Å²) in [5.74, 6) is 0.868. The zero-order valence-corrected chi connectivity index (χ0v) is 12.4. The Labute approximate surface area is 117 Å². The van der Waals surface area contributed by atoms with Crippen molar-refractivity contribution in [3.63, 3.8) is 0 Å². The molecule has 1 saturated carbocycles. The van der Waals surface area contributed by atoms with Gasteiger partial charge in [-0.2, -0.15) is 5.10 Å². The van der Waals surface area contributed by atoms with Gasteiger partial charge in [-0.3, -0.25) is 4.68 Å². The molecule has 0 aliphatic heterocycles. The molecule has 0 radical (unpaired) electrons. The zero-order chi connectivity index (χ0) is 13.7. The summed E-state index contributed by atoms with van der Waals surface area (Å²) in [6, 6.07) is 2.50. The zero-order valence-electron chi connectivity index (χ0n) is 12.4. The van der Waals surface area contributed by atoms with Gasteiger partial charge in [0.1, 0.15) is 0 Å². The third kappa shape index (κ3) is 4.34. The van der Waals surface area contributed by atoms with E-state index in [-0.39, 0.29) is 6.10 Å². The van der Waals surface area contributed by atoms with E-state index in [4.69, 9.17) is 0 Å². The average Bonchev–Trinajstić information content (AvgIpc) is 3.06.